The molecule has 1 aliphatic heterocycles. The van der Waals surface area contributed by atoms with Crippen LogP contribution in [0.5, 0.6) is 0 Å². The van der Waals surface area contributed by atoms with Gasteiger partial charge in [-0.3, -0.25) is 9.59 Å². The average molecular weight is 490 g/mol. The Morgan fingerprint density at radius 1 is 1.24 bits per heavy atom. The van der Waals surface area contributed by atoms with Crippen molar-refractivity contribution in [3.05, 3.63) is 21.7 Å². The highest BCUT2D eigenvalue weighted by atomic mass is 32.1. The van der Waals surface area contributed by atoms with E-state index in [1.807, 2.05) is 46.1 Å². The van der Waals surface area contributed by atoms with Gasteiger partial charge in [0.1, 0.15) is 11.9 Å². The molecule has 0 unspecified atom stereocenters. The Bertz CT molecular complexity index is 919. The lowest BCUT2D eigenvalue weighted by Gasteiger charge is -2.31. The van der Waals surface area contributed by atoms with E-state index in [2.05, 4.69) is 18.8 Å². The van der Waals surface area contributed by atoms with E-state index in [1.165, 1.54) is 0 Å². The number of aromatic nitrogens is 1. The lowest BCUT2D eigenvalue weighted by atomic mass is 9.74. The Hall–Kier alpha value is -1.53. The number of ether oxygens (including phenoxy) is 1. The van der Waals surface area contributed by atoms with Crippen LogP contribution in [0.2, 0.25) is 0 Å². The van der Waals surface area contributed by atoms with Gasteiger partial charge in [0.15, 0.2) is 0 Å². The molecule has 1 N–H and O–H groups in total. The fourth-order valence-electron chi connectivity index (χ4n) is 5.55. The van der Waals surface area contributed by atoms with Gasteiger partial charge in [0.25, 0.3) is 0 Å². The molecule has 1 aromatic rings. The number of hydrogen-bond acceptors (Lipinski definition) is 6. The third-order valence-corrected chi connectivity index (χ3v) is 9.16. The predicted molar refractivity (Wildman–Crippen MR) is 137 cm³/mol. The summed E-state index contributed by atoms with van der Waals surface area (Å²) in [6.45, 7) is 14.0. The zero-order valence-corrected chi connectivity index (χ0v) is 22.8. The molecule has 0 spiro atoms. The zero-order chi connectivity index (χ0) is 25.3. The highest BCUT2D eigenvalue weighted by Crippen LogP contribution is 2.58. The highest BCUT2D eigenvalue weighted by molar-refractivity contribution is 7.09. The monoisotopic (exact) mass is 489 g/mol. The second-order valence-electron chi connectivity index (χ2n) is 11.8. The number of fused-ring (bicyclic) bond motifs is 1. The summed E-state index contributed by atoms with van der Waals surface area (Å²) in [6, 6.07) is 0. The molecule has 3 rings (SSSR count). The van der Waals surface area contributed by atoms with Crippen molar-refractivity contribution in [2.24, 2.45) is 28.6 Å². The lowest BCUT2D eigenvalue weighted by molar-refractivity contribution is -0.149. The average Bonchev–Trinajstić information content (AvgIpc) is 3.21. The molecule has 1 saturated carbocycles. The van der Waals surface area contributed by atoms with E-state index in [9.17, 15) is 14.7 Å². The number of cyclic esters (lactones) is 1. The van der Waals surface area contributed by atoms with E-state index in [-0.39, 0.29) is 35.6 Å². The van der Waals surface area contributed by atoms with Crippen LogP contribution in [0.1, 0.15) is 97.2 Å². The molecule has 1 saturated heterocycles. The van der Waals surface area contributed by atoms with Gasteiger partial charge in [-0.1, -0.05) is 41.0 Å². The van der Waals surface area contributed by atoms with Crippen LogP contribution < -0.4 is 0 Å². The molecule has 0 radical (unpaired) electrons. The number of aliphatic hydroxyl groups is 1. The standard InChI is InChI=1S/C28H43NO4S/c1-17-9-8-11-28(7)15-21(28)14-23(18(2)13-22-16-34-20(4)29-22)33-24(30)10-12-27(5,6)26(32)19(3)25(17)31/h13,16-17,19,21,23,25,31H,8-12,14-15H2,1-7H3/b18-13+/t17-,19+,21+,23-,25-,28+/m0/s1. The van der Waals surface area contributed by atoms with Gasteiger partial charge in [0.2, 0.25) is 0 Å². The number of hydrogen-bond donors (Lipinski definition) is 1. The molecule has 0 amide bonds. The van der Waals surface area contributed by atoms with Crippen molar-refractivity contribution in [3.8, 4) is 0 Å². The van der Waals surface area contributed by atoms with Gasteiger partial charge in [0, 0.05) is 23.1 Å². The van der Waals surface area contributed by atoms with Crippen molar-refractivity contribution < 1.29 is 19.4 Å². The number of aryl methyl sites for hydroxylation is 1. The highest BCUT2D eigenvalue weighted by Gasteiger charge is 2.50. The molecule has 190 valence electrons. The number of Topliss-reactive ketones (excluding diaryl/α,β-unsaturated/α-hetero) is 1. The van der Waals surface area contributed by atoms with Gasteiger partial charge >= 0.3 is 5.97 Å². The van der Waals surface area contributed by atoms with Crippen LogP contribution in [0.25, 0.3) is 6.08 Å². The van der Waals surface area contributed by atoms with Crippen LogP contribution in [0.15, 0.2) is 11.0 Å². The first-order chi connectivity index (χ1) is 15.8. The van der Waals surface area contributed by atoms with E-state index in [0.717, 1.165) is 48.4 Å². The maximum atomic E-state index is 13.2. The molecular weight excluding hydrogens is 446 g/mol. The number of rotatable bonds is 2. The van der Waals surface area contributed by atoms with E-state index >= 15 is 0 Å². The first-order valence-corrected chi connectivity index (χ1v) is 13.7. The molecule has 0 bridgehead atoms. The Morgan fingerprint density at radius 3 is 2.59 bits per heavy atom. The second-order valence-corrected chi connectivity index (χ2v) is 12.9. The van der Waals surface area contributed by atoms with Crippen molar-refractivity contribution in [1.82, 2.24) is 4.98 Å². The molecular formula is C28H43NO4S. The normalized spacial score (nSPS) is 36.0. The molecule has 1 aromatic heterocycles. The van der Waals surface area contributed by atoms with Crippen molar-refractivity contribution >= 4 is 29.2 Å². The van der Waals surface area contributed by atoms with Gasteiger partial charge in [0.05, 0.1) is 16.8 Å². The summed E-state index contributed by atoms with van der Waals surface area (Å²) in [5, 5.41) is 13.9. The summed E-state index contributed by atoms with van der Waals surface area (Å²) in [6.07, 6.45) is 6.74. The Kier molecular flexibility index (Phi) is 8.45. The summed E-state index contributed by atoms with van der Waals surface area (Å²) in [5.41, 5.74) is 1.50. The predicted octanol–water partition coefficient (Wildman–Crippen LogP) is 6.38. The fraction of sp³-hybridized carbons (Fsp3) is 0.750. The van der Waals surface area contributed by atoms with Crippen LogP contribution in [0, 0.1) is 35.5 Å². The minimum absolute atomic E-state index is 0.0208. The number of nitrogens with zero attached hydrogens (tertiary/aromatic N) is 1. The van der Waals surface area contributed by atoms with Crippen LogP contribution in [-0.2, 0) is 14.3 Å². The number of carbonyl (C=O) groups is 2. The minimum Gasteiger partial charge on any atom is -0.458 e. The summed E-state index contributed by atoms with van der Waals surface area (Å²) in [4.78, 5) is 30.6. The summed E-state index contributed by atoms with van der Waals surface area (Å²) >= 11 is 1.62. The third kappa shape index (κ3) is 6.57. The van der Waals surface area contributed by atoms with E-state index in [0.29, 0.717) is 12.3 Å². The van der Waals surface area contributed by atoms with Crippen molar-refractivity contribution in [1.29, 1.82) is 0 Å². The van der Waals surface area contributed by atoms with Crippen molar-refractivity contribution in [3.63, 3.8) is 0 Å². The maximum absolute atomic E-state index is 13.2. The zero-order valence-electron chi connectivity index (χ0n) is 22.0. The molecule has 2 heterocycles. The summed E-state index contributed by atoms with van der Waals surface area (Å²) in [7, 11) is 0. The molecule has 2 fully saturated rings. The smallest absolute Gasteiger partial charge is 0.306 e. The Labute approximate surface area is 209 Å². The SMILES string of the molecule is C/C(=C\c1csc(C)n1)[C@@H]1C[C@@H]2C[C@@]2(C)CCC[C@H](C)[C@H](O)[C@@H](C)C(=O)C(C)(C)CCC(=O)O1. The molecule has 5 nitrogen and oxygen atoms in total. The number of esters is 1. The van der Waals surface area contributed by atoms with Gasteiger partial charge in [-0.15, -0.1) is 11.3 Å². The summed E-state index contributed by atoms with van der Waals surface area (Å²) in [5.74, 6) is -0.0851. The first kappa shape index (κ1) is 27.1. The van der Waals surface area contributed by atoms with E-state index in [4.69, 9.17) is 4.74 Å². The first-order valence-electron chi connectivity index (χ1n) is 12.8. The second kappa shape index (κ2) is 10.6. The van der Waals surface area contributed by atoms with E-state index in [1.54, 1.807) is 11.3 Å². The van der Waals surface area contributed by atoms with Crippen LogP contribution in [0.3, 0.4) is 0 Å². The Balaban J connectivity index is 1.81. The van der Waals surface area contributed by atoms with Gasteiger partial charge < -0.3 is 9.84 Å². The summed E-state index contributed by atoms with van der Waals surface area (Å²) < 4.78 is 6.04. The molecule has 2 aliphatic rings. The number of thiazole rings is 1. The fourth-order valence-corrected chi connectivity index (χ4v) is 6.12. The number of carbonyl (C=O) groups excluding carboxylic acids is 2. The van der Waals surface area contributed by atoms with Crippen molar-refractivity contribution in [2.75, 3.05) is 0 Å². The van der Waals surface area contributed by atoms with Crippen LogP contribution >= 0.6 is 11.3 Å². The van der Waals surface area contributed by atoms with Gasteiger partial charge in [-0.05, 0) is 74.9 Å². The Morgan fingerprint density at radius 2 is 1.94 bits per heavy atom. The number of ketones is 1. The molecule has 1 aliphatic carbocycles. The lowest BCUT2D eigenvalue weighted by Crippen LogP contribution is -2.39. The topological polar surface area (TPSA) is 76.5 Å². The molecule has 34 heavy (non-hydrogen) atoms. The quantitative estimate of drug-likeness (QED) is 0.488. The number of aliphatic hydroxyl groups excluding tert-OH is 1. The van der Waals surface area contributed by atoms with E-state index < -0.39 is 17.4 Å². The largest absolute Gasteiger partial charge is 0.458 e. The molecule has 0 aromatic carbocycles. The minimum atomic E-state index is -0.691. The third-order valence-electron chi connectivity index (χ3n) is 8.37. The molecule has 6 heteroatoms. The van der Waals surface area contributed by atoms with Crippen LogP contribution in [0.4, 0.5) is 0 Å². The van der Waals surface area contributed by atoms with Crippen LogP contribution in [-0.4, -0.2) is 34.1 Å². The maximum Gasteiger partial charge on any atom is 0.306 e. The molecule has 6 atom stereocenters. The van der Waals surface area contributed by atoms with Gasteiger partial charge in [-0.2, -0.15) is 0 Å². The van der Waals surface area contributed by atoms with Crippen molar-refractivity contribution in [2.45, 2.75) is 106 Å². The van der Waals surface area contributed by atoms with Gasteiger partial charge in [-0.25, -0.2) is 4.98 Å².